The molecule has 1 amide bonds. The van der Waals surface area contributed by atoms with Crippen LogP contribution in [0.4, 0.5) is 0 Å². The predicted octanol–water partition coefficient (Wildman–Crippen LogP) is 0.542. The first-order valence-electron chi connectivity index (χ1n) is 8.03. The number of imidazole rings is 1. The molecule has 1 aromatic rings. The molecule has 0 aromatic carbocycles. The first-order valence-corrected chi connectivity index (χ1v) is 8.03. The Morgan fingerprint density at radius 1 is 1.29 bits per heavy atom. The van der Waals surface area contributed by atoms with Crippen molar-refractivity contribution in [3.8, 4) is 0 Å². The van der Waals surface area contributed by atoms with Crippen LogP contribution in [0.5, 0.6) is 0 Å². The molecular formula is C15H25N5O. The summed E-state index contributed by atoms with van der Waals surface area (Å²) in [7, 11) is 0. The lowest BCUT2D eigenvalue weighted by molar-refractivity contribution is 0.0766. The summed E-state index contributed by atoms with van der Waals surface area (Å²) in [6.07, 6.45) is 8.54. The maximum atomic E-state index is 12.5. The molecule has 2 fully saturated rings. The van der Waals surface area contributed by atoms with Gasteiger partial charge in [0.2, 0.25) is 0 Å². The molecule has 2 N–H and O–H groups in total. The van der Waals surface area contributed by atoms with Crippen molar-refractivity contribution in [2.24, 2.45) is 5.73 Å². The van der Waals surface area contributed by atoms with Crippen molar-refractivity contribution in [1.29, 1.82) is 0 Å². The van der Waals surface area contributed by atoms with Crippen molar-refractivity contribution in [1.82, 2.24) is 19.4 Å². The summed E-state index contributed by atoms with van der Waals surface area (Å²) in [4.78, 5) is 21.2. The van der Waals surface area contributed by atoms with Gasteiger partial charge in [-0.15, -0.1) is 0 Å². The molecule has 2 aliphatic heterocycles. The Labute approximate surface area is 125 Å². The Hall–Kier alpha value is -1.40. The molecule has 21 heavy (non-hydrogen) atoms. The molecule has 1 unspecified atom stereocenters. The van der Waals surface area contributed by atoms with E-state index in [1.165, 1.54) is 32.4 Å². The fourth-order valence-electron chi connectivity index (χ4n) is 3.41. The van der Waals surface area contributed by atoms with Crippen molar-refractivity contribution >= 4 is 5.91 Å². The quantitative estimate of drug-likeness (QED) is 0.879. The molecule has 2 saturated heterocycles. The molecule has 1 atom stereocenters. The second kappa shape index (κ2) is 6.58. The Kier molecular flexibility index (Phi) is 4.55. The number of hydrogen-bond donors (Lipinski definition) is 1. The summed E-state index contributed by atoms with van der Waals surface area (Å²) in [5, 5.41) is 0. The number of aromatic nitrogens is 2. The number of carbonyl (C=O) groups is 1. The van der Waals surface area contributed by atoms with Crippen LogP contribution in [0, 0.1) is 0 Å². The van der Waals surface area contributed by atoms with Gasteiger partial charge in [0.1, 0.15) is 5.69 Å². The van der Waals surface area contributed by atoms with Gasteiger partial charge in [0.05, 0.1) is 6.33 Å². The number of nitrogens with two attached hydrogens (primary N) is 1. The van der Waals surface area contributed by atoms with Crippen LogP contribution in [0.25, 0.3) is 0 Å². The summed E-state index contributed by atoms with van der Waals surface area (Å²) >= 11 is 0. The van der Waals surface area contributed by atoms with E-state index in [-0.39, 0.29) is 5.91 Å². The van der Waals surface area contributed by atoms with Gasteiger partial charge in [0.25, 0.3) is 5.91 Å². The zero-order valence-corrected chi connectivity index (χ0v) is 12.6. The first kappa shape index (κ1) is 14.5. The molecule has 0 bridgehead atoms. The zero-order chi connectivity index (χ0) is 14.7. The fourth-order valence-corrected chi connectivity index (χ4v) is 3.41. The lowest BCUT2D eigenvalue weighted by Gasteiger charge is -2.32. The van der Waals surface area contributed by atoms with Gasteiger partial charge in [-0.05, 0) is 32.4 Å². The van der Waals surface area contributed by atoms with Crippen LogP contribution in [0.15, 0.2) is 12.5 Å². The Morgan fingerprint density at radius 2 is 2.10 bits per heavy atom. The van der Waals surface area contributed by atoms with Crippen LogP contribution in [-0.4, -0.2) is 64.0 Å². The molecule has 6 heteroatoms. The molecule has 0 radical (unpaired) electrons. The van der Waals surface area contributed by atoms with Crippen molar-refractivity contribution in [3.05, 3.63) is 18.2 Å². The highest BCUT2D eigenvalue weighted by molar-refractivity contribution is 5.92. The number of likely N-dealkylation sites (tertiary alicyclic amines) is 2. The fraction of sp³-hybridized carbons (Fsp3) is 0.733. The van der Waals surface area contributed by atoms with Gasteiger partial charge in [-0.1, -0.05) is 6.42 Å². The Morgan fingerprint density at radius 3 is 2.86 bits per heavy atom. The number of piperidine rings is 1. The summed E-state index contributed by atoms with van der Waals surface area (Å²) in [6.45, 7) is 5.35. The predicted molar refractivity (Wildman–Crippen MR) is 81.0 cm³/mol. The van der Waals surface area contributed by atoms with Gasteiger partial charge in [-0.3, -0.25) is 9.69 Å². The van der Waals surface area contributed by atoms with E-state index in [0.29, 0.717) is 24.8 Å². The average Bonchev–Trinajstić information content (AvgIpc) is 3.17. The van der Waals surface area contributed by atoms with Crippen molar-refractivity contribution in [3.63, 3.8) is 0 Å². The van der Waals surface area contributed by atoms with Crippen LogP contribution in [0.1, 0.15) is 36.2 Å². The number of amides is 1. The minimum absolute atomic E-state index is 0.0604. The van der Waals surface area contributed by atoms with Gasteiger partial charge in [-0.2, -0.15) is 0 Å². The number of hydrogen-bond acceptors (Lipinski definition) is 4. The topological polar surface area (TPSA) is 67.4 Å². The van der Waals surface area contributed by atoms with E-state index in [1.54, 1.807) is 6.33 Å². The third-order valence-corrected chi connectivity index (χ3v) is 4.60. The minimum atomic E-state index is 0.0604. The maximum Gasteiger partial charge on any atom is 0.274 e. The van der Waals surface area contributed by atoms with Gasteiger partial charge in [0, 0.05) is 38.4 Å². The van der Waals surface area contributed by atoms with Gasteiger partial charge in [0.15, 0.2) is 0 Å². The number of carbonyl (C=O) groups excluding carboxylic acids is 1. The molecule has 2 aliphatic rings. The highest BCUT2D eigenvalue weighted by atomic mass is 16.2. The lowest BCUT2D eigenvalue weighted by Crippen LogP contribution is -2.41. The van der Waals surface area contributed by atoms with Gasteiger partial charge < -0.3 is 15.2 Å². The second-order valence-corrected chi connectivity index (χ2v) is 6.08. The average molecular weight is 291 g/mol. The first-order chi connectivity index (χ1) is 10.3. The smallest absolute Gasteiger partial charge is 0.274 e. The van der Waals surface area contributed by atoms with Crippen LogP contribution >= 0.6 is 0 Å². The Balaban J connectivity index is 1.58. The van der Waals surface area contributed by atoms with Crippen molar-refractivity contribution in [2.75, 3.05) is 32.7 Å². The van der Waals surface area contributed by atoms with Crippen LogP contribution < -0.4 is 5.73 Å². The van der Waals surface area contributed by atoms with Crippen molar-refractivity contribution in [2.45, 2.75) is 38.3 Å². The number of rotatable bonds is 4. The Bertz CT molecular complexity index is 480. The van der Waals surface area contributed by atoms with Gasteiger partial charge >= 0.3 is 0 Å². The van der Waals surface area contributed by atoms with E-state index in [0.717, 1.165) is 19.5 Å². The summed E-state index contributed by atoms with van der Waals surface area (Å²) < 4.78 is 1.88. The third kappa shape index (κ3) is 3.27. The molecule has 3 rings (SSSR count). The summed E-state index contributed by atoms with van der Waals surface area (Å²) in [5.41, 5.74) is 6.06. The molecule has 116 valence electrons. The van der Waals surface area contributed by atoms with Crippen LogP contribution in [-0.2, 0) is 6.54 Å². The van der Waals surface area contributed by atoms with Crippen LogP contribution in [0.3, 0.4) is 0 Å². The van der Waals surface area contributed by atoms with E-state index in [9.17, 15) is 4.79 Å². The molecule has 0 saturated carbocycles. The molecule has 6 nitrogen and oxygen atoms in total. The highest BCUT2D eigenvalue weighted by Crippen LogP contribution is 2.21. The molecule has 3 heterocycles. The molecule has 0 spiro atoms. The standard InChI is InChI=1S/C15H25N5O/c16-5-9-18-11-14(17-12-18)15(21)20-8-4-13(10-20)19-6-2-1-3-7-19/h11-13H,1-10,16H2. The van der Waals surface area contributed by atoms with Crippen molar-refractivity contribution < 1.29 is 4.79 Å². The van der Waals surface area contributed by atoms with E-state index in [4.69, 9.17) is 5.73 Å². The van der Waals surface area contributed by atoms with E-state index in [1.807, 2.05) is 15.7 Å². The SMILES string of the molecule is NCCn1cnc(C(=O)N2CCC(N3CCCCC3)C2)c1. The van der Waals surface area contributed by atoms with Crippen LogP contribution in [0.2, 0.25) is 0 Å². The third-order valence-electron chi connectivity index (χ3n) is 4.60. The summed E-state index contributed by atoms with van der Waals surface area (Å²) in [6, 6.07) is 0.542. The van der Waals surface area contributed by atoms with E-state index < -0.39 is 0 Å². The monoisotopic (exact) mass is 291 g/mol. The van der Waals surface area contributed by atoms with E-state index in [2.05, 4.69) is 9.88 Å². The molecular weight excluding hydrogens is 266 g/mol. The van der Waals surface area contributed by atoms with Gasteiger partial charge in [-0.25, -0.2) is 4.98 Å². The normalized spacial score (nSPS) is 23.7. The minimum Gasteiger partial charge on any atom is -0.336 e. The highest BCUT2D eigenvalue weighted by Gasteiger charge is 2.31. The molecule has 1 aromatic heterocycles. The second-order valence-electron chi connectivity index (χ2n) is 6.08. The largest absolute Gasteiger partial charge is 0.336 e. The maximum absolute atomic E-state index is 12.5. The number of nitrogens with zero attached hydrogens (tertiary/aromatic N) is 4. The summed E-state index contributed by atoms with van der Waals surface area (Å²) in [5.74, 6) is 0.0604. The van der Waals surface area contributed by atoms with E-state index >= 15 is 0 Å². The molecule has 0 aliphatic carbocycles. The zero-order valence-electron chi connectivity index (χ0n) is 12.6. The lowest BCUT2D eigenvalue weighted by atomic mass is 10.1.